The summed E-state index contributed by atoms with van der Waals surface area (Å²) in [5, 5.41) is 11.3. The average molecular weight is 443 g/mol. The van der Waals surface area contributed by atoms with Crippen LogP contribution in [0.3, 0.4) is 0 Å². The number of rotatable bonds is 5. The molecule has 168 valence electrons. The SMILES string of the molecule is COc1cccc(/C(O)=C2\C(=O)C(=O)N(c3cc(C)ccc3C)C2c2ccccc2OC)c1. The predicted molar refractivity (Wildman–Crippen MR) is 127 cm³/mol. The van der Waals surface area contributed by atoms with Gasteiger partial charge in [0.1, 0.15) is 17.3 Å². The van der Waals surface area contributed by atoms with Crippen LogP contribution in [0.5, 0.6) is 11.5 Å². The third-order valence-electron chi connectivity index (χ3n) is 5.85. The maximum absolute atomic E-state index is 13.4. The Morgan fingerprint density at radius 1 is 0.909 bits per heavy atom. The Kier molecular flexibility index (Phi) is 5.92. The molecule has 6 heteroatoms. The first-order valence-electron chi connectivity index (χ1n) is 10.5. The van der Waals surface area contributed by atoms with Gasteiger partial charge in [-0.3, -0.25) is 14.5 Å². The Bertz CT molecular complexity index is 1280. The first kappa shape index (κ1) is 22.1. The Morgan fingerprint density at radius 2 is 1.67 bits per heavy atom. The normalized spacial score (nSPS) is 17.3. The van der Waals surface area contributed by atoms with Gasteiger partial charge in [-0.15, -0.1) is 0 Å². The molecule has 0 radical (unpaired) electrons. The average Bonchev–Trinajstić information content (AvgIpc) is 3.10. The summed E-state index contributed by atoms with van der Waals surface area (Å²) in [6, 6.07) is 18.8. The number of aliphatic hydroxyl groups is 1. The molecular formula is C27H25NO5. The first-order chi connectivity index (χ1) is 15.9. The molecule has 4 rings (SSSR count). The third kappa shape index (κ3) is 3.84. The molecule has 1 N–H and O–H groups in total. The minimum Gasteiger partial charge on any atom is -0.507 e. The van der Waals surface area contributed by atoms with Crippen molar-refractivity contribution < 1.29 is 24.2 Å². The molecule has 1 fully saturated rings. The van der Waals surface area contributed by atoms with Crippen molar-refractivity contribution in [3.05, 3.63) is 94.6 Å². The lowest BCUT2D eigenvalue weighted by molar-refractivity contribution is -0.132. The van der Waals surface area contributed by atoms with Gasteiger partial charge in [-0.1, -0.05) is 42.5 Å². The van der Waals surface area contributed by atoms with Gasteiger partial charge in [-0.05, 0) is 49.2 Å². The molecule has 0 spiro atoms. The topological polar surface area (TPSA) is 76.1 Å². The zero-order valence-electron chi connectivity index (χ0n) is 19.0. The highest BCUT2D eigenvalue weighted by Gasteiger charge is 2.48. The Hall–Kier alpha value is -4.06. The third-order valence-corrected chi connectivity index (χ3v) is 5.85. The maximum Gasteiger partial charge on any atom is 0.300 e. The molecule has 1 aliphatic heterocycles. The molecule has 3 aromatic carbocycles. The highest BCUT2D eigenvalue weighted by molar-refractivity contribution is 6.51. The quantitative estimate of drug-likeness (QED) is 0.343. The van der Waals surface area contributed by atoms with Crippen LogP contribution in [0.15, 0.2) is 72.3 Å². The molecule has 0 bridgehead atoms. The van der Waals surface area contributed by atoms with Crippen LogP contribution in [0.2, 0.25) is 0 Å². The van der Waals surface area contributed by atoms with Crippen molar-refractivity contribution in [1.29, 1.82) is 0 Å². The lowest BCUT2D eigenvalue weighted by Crippen LogP contribution is -2.30. The van der Waals surface area contributed by atoms with E-state index >= 15 is 0 Å². The predicted octanol–water partition coefficient (Wildman–Crippen LogP) is 4.95. The van der Waals surface area contributed by atoms with Crippen molar-refractivity contribution in [3.8, 4) is 11.5 Å². The van der Waals surface area contributed by atoms with Crippen molar-refractivity contribution >= 4 is 23.1 Å². The van der Waals surface area contributed by atoms with E-state index in [1.54, 1.807) is 36.4 Å². The summed E-state index contributed by atoms with van der Waals surface area (Å²) in [6.45, 7) is 3.81. The van der Waals surface area contributed by atoms with E-state index in [9.17, 15) is 14.7 Å². The number of hydrogen-bond acceptors (Lipinski definition) is 5. The molecule has 0 saturated carbocycles. The van der Waals surface area contributed by atoms with E-state index in [1.165, 1.54) is 19.1 Å². The molecule has 3 aromatic rings. The van der Waals surface area contributed by atoms with Gasteiger partial charge >= 0.3 is 0 Å². The molecular weight excluding hydrogens is 418 g/mol. The number of aliphatic hydroxyl groups excluding tert-OH is 1. The number of carbonyl (C=O) groups excluding carboxylic acids is 2. The van der Waals surface area contributed by atoms with E-state index in [1.807, 2.05) is 44.2 Å². The fourth-order valence-corrected chi connectivity index (χ4v) is 4.17. The van der Waals surface area contributed by atoms with E-state index < -0.39 is 17.7 Å². The number of ether oxygens (including phenoxy) is 2. The summed E-state index contributed by atoms with van der Waals surface area (Å²) in [5.74, 6) is -0.694. The molecule has 1 heterocycles. The Morgan fingerprint density at radius 3 is 2.39 bits per heavy atom. The molecule has 1 atom stereocenters. The minimum absolute atomic E-state index is 0.00124. The Balaban J connectivity index is 2.02. The second-order valence-electron chi connectivity index (χ2n) is 7.93. The second-order valence-corrected chi connectivity index (χ2v) is 7.93. The number of methoxy groups -OCH3 is 2. The van der Waals surface area contributed by atoms with Gasteiger partial charge in [0.25, 0.3) is 11.7 Å². The van der Waals surface area contributed by atoms with Crippen LogP contribution in [0.4, 0.5) is 5.69 Å². The van der Waals surface area contributed by atoms with Gasteiger partial charge < -0.3 is 14.6 Å². The number of ketones is 1. The standard InChI is InChI=1S/C27H25NO5/c1-16-12-13-17(2)21(14-16)28-24(20-10-5-6-11-22(20)33-4)23(26(30)27(28)31)25(29)18-8-7-9-19(15-18)32-3/h5-15,24,29H,1-4H3/b25-23+. The van der Waals surface area contributed by atoms with E-state index in [0.29, 0.717) is 28.3 Å². The Labute approximate surface area is 192 Å². The number of nitrogens with zero attached hydrogens (tertiary/aromatic N) is 1. The summed E-state index contributed by atoms with van der Waals surface area (Å²) in [7, 11) is 3.05. The number of amides is 1. The summed E-state index contributed by atoms with van der Waals surface area (Å²) in [5.41, 5.74) is 3.38. The second kappa shape index (κ2) is 8.82. The maximum atomic E-state index is 13.4. The molecule has 1 unspecified atom stereocenters. The van der Waals surface area contributed by atoms with Crippen molar-refractivity contribution in [2.75, 3.05) is 19.1 Å². The van der Waals surface area contributed by atoms with Gasteiger partial charge in [0.15, 0.2) is 0 Å². The summed E-state index contributed by atoms with van der Waals surface area (Å²) in [4.78, 5) is 28.2. The lowest BCUT2D eigenvalue weighted by atomic mass is 9.94. The molecule has 1 aliphatic rings. The van der Waals surface area contributed by atoms with E-state index in [4.69, 9.17) is 9.47 Å². The van der Waals surface area contributed by atoms with Crippen LogP contribution in [-0.4, -0.2) is 31.0 Å². The molecule has 0 aliphatic carbocycles. The number of benzene rings is 3. The fraction of sp³-hybridized carbons (Fsp3) is 0.185. The van der Waals surface area contributed by atoms with Crippen LogP contribution in [0.25, 0.3) is 5.76 Å². The van der Waals surface area contributed by atoms with Crippen LogP contribution < -0.4 is 14.4 Å². The number of aryl methyl sites for hydroxylation is 2. The van der Waals surface area contributed by atoms with Crippen molar-refractivity contribution in [2.24, 2.45) is 0 Å². The molecule has 33 heavy (non-hydrogen) atoms. The number of hydrogen-bond donors (Lipinski definition) is 1. The van der Waals surface area contributed by atoms with E-state index in [2.05, 4.69) is 0 Å². The first-order valence-corrected chi connectivity index (χ1v) is 10.5. The fourth-order valence-electron chi connectivity index (χ4n) is 4.17. The zero-order chi connectivity index (χ0) is 23.7. The summed E-state index contributed by atoms with van der Waals surface area (Å²) in [6.07, 6.45) is 0. The van der Waals surface area contributed by atoms with Crippen molar-refractivity contribution in [2.45, 2.75) is 19.9 Å². The number of Topliss-reactive ketones (excluding diaryl/α,β-unsaturated/α-hetero) is 1. The van der Waals surface area contributed by atoms with Crippen LogP contribution >= 0.6 is 0 Å². The number of carbonyl (C=O) groups is 2. The van der Waals surface area contributed by atoms with Crippen LogP contribution in [0, 0.1) is 13.8 Å². The monoisotopic (exact) mass is 443 g/mol. The number of anilines is 1. The minimum atomic E-state index is -0.868. The van der Waals surface area contributed by atoms with Gasteiger partial charge in [-0.25, -0.2) is 0 Å². The lowest BCUT2D eigenvalue weighted by Gasteiger charge is -2.28. The van der Waals surface area contributed by atoms with Crippen LogP contribution in [0.1, 0.15) is 28.3 Å². The molecule has 0 aromatic heterocycles. The summed E-state index contributed by atoms with van der Waals surface area (Å²) < 4.78 is 10.8. The largest absolute Gasteiger partial charge is 0.507 e. The van der Waals surface area contributed by atoms with E-state index in [0.717, 1.165) is 11.1 Å². The highest BCUT2D eigenvalue weighted by Crippen LogP contribution is 2.45. The van der Waals surface area contributed by atoms with Crippen molar-refractivity contribution in [3.63, 3.8) is 0 Å². The highest BCUT2D eigenvalue weighted by atomic mass is 16.5. The molecule has 6 nitrogen and oxygen atoms in total. The van der Waals surface area contributed by atoms with Gasteiger partial charge in [0, 0.05) is 16.8 Å². The van der Waals surface area contributed by atoms with Crippen LogP contribution in [-0.2, 0) is 9.59 Å². The van der Waals surface area contributed by atoms with E-state index in [-0.39, 0.29) is 11.3 Å². The molecule has 1 saturated heterocycles. The van der Waals surface area contributed by atoms with Gasteiger partial charge in [0.2, 0.25) is 0 Å². The zero-order valence-corrected chi connectivity index (χ0v) is 19.0. The summed E-state index contributed by atoms with van der Waals surface area (Å²) >= 11 is 0. The van der Waals surface area contributed by atoms with Crippen molar-refractivity contribution in [1.82, 2.24) is 0 Å². The van der Waals surface area contributed by atoms with Gasteiger partial charge in [0.05, 0.1) is 25.8 Å². The smallest absolute Gasteiger partial charge is 0.300 e. The van der Waals surface area contributed by atoms with Gasteiger partial charge in [-0.2, -0.15) is 0 Å². The molecule has 1 amide bonds. The number of para-hydroxylation sites is 1.